The van der Waals surface area contributed by atoms with Gasteiger partial charge in [-0.3, -0.25) is 9.59 Å². The van der Waals surface area contributed by atoms with Crippen LogP contribution in [0.2, 0.25) is 5.02 Å². The Morgan fingerprint density at radius 1 is 1.41 bits per heavy atom. The average molecular weight is 324 g/mol. The zero-order chi connectivity index (χ0) is 16.1. The van der Waals surface area contributed by atoms with Gasteiger partial charge in [0.15, 0.2) is 0 Å². The Kier molecular flexibility index (Phi) is 5.00. The number of anilines is 1. The van der Waals surface area contributed by atoms with E-state index in [1.165, 1.54) is 6.20 Å². The molecule has 2 aromatic rings. The van der Waals surface area contributed by atoms with E-state index in [9.17, 15) is 9.59 Å². The van der Waals surface area contributed by atoms with Crippen LogP contribution in [0, 0.1) is 0 Å². The Hall–Kier alpha value is -2.54. The van der Waals surface area contributed by atoms with Crippen LogP contribution in [0.3, 0.4) is 0 Å². The minimum absolute atomic E-state index is 0.119. The Morgan fingerprint density at radius 3 is 2.68 bits per heavy atom. The highest BCUT2D eigenvalue weighted by Gasteiger charge is 2.11. The molecule has 0 aliphatic rings. The molecule has 7 nitrogen and oxygen atoms in total. The predicted octanol–water partition coefficient (Wildman–Crippen LogP) is 1.60. The van der Waals surface area contributed by atoms with Crippen LogP contribution in [0.4, 0.5) is 5.69 Å². The highest BCUT2D eigenvalue weighted by Crippen LogP contribution is 2.17. The van der Waals surface area contributed by atoms with Crippen molar-refractivity contribution in [2.75, 3.05) is 12.4 Å². The second-order valence-electron chi connectivity index (χ2n) is 4.43. The van der Waals surface area contributed by atoms with Crippen LogP contribution in [0.1, 0.15) is 5.56 Å². The number of carboxylic acids is 1. The van der Waals surface area contributed by atoms with Gasteiger partial charge in [-0.15, -0.1) is 0 Å². The van der Waals surface area contributed by atoms with Crippen molar-refractivity contribution in [1.82, 2.24) is 9.78 Å². The quantitative estimate of drug-likeness (QED) is 0.838. The molecule has 0 atom stereocenters. The summed E-state index contributed by atoms with van der Waals surface area (Å²) in [5.41, 5.74) is 0.454. The van der Waals surface area contributed by atoms with E-state index >= 15 is 0 Å². The molecule has 1 aromatic carbocycles. The molecule has 2 rings (SSSR count). The third-order valence-corrected chi connectivity index (χ3v) is 3.20. The number of ether oxygens (including phenoxy) is 1. The lowest BCUT2D eigenvalue weighted by Crippen LogP contribution is -2.28. The number of nitrogens with zero attached hydrogens (tertiary/aromatic N) is 2. The smallest absolute Gasteiger partial charge is 0.325 e. The molecule has 0 aliphatic heterocycles. The number of halogens is 1. The van der Waals surface area contributed by atoms with Gasteiger partial charge in [0.25, 0.3) is 5.56 Å². The topological polar surface area (TPSA) is 93.4 Å². The van der Waals surface area contributed by atoms with E-state index in [-0.39, 0.29) is 10.7 Å². The van der Waals surface area contributed by atoms with Crippen molar-refractivity contribution >= 4 is 23.3 Å². The van der Waals surface area contributed by atoms with Gasteiger partial charge in [0, 0.05) is 6.54 Å². The number of hydrogen-bond acceptors (Lipinski definition) is 5. The van der Waals surface area contributed by atoms with Gasteiger partial charge in [0.1, 0.15) is 18.0 Å². The molecule has 2 N–H and O–H groups in total. The first-order chi connectivity index (χ1) is 10.5. The van der Waals surface area contributed by atoms with Gasteiger partial charge >= 0.3 is 5.97 Å². The largest absolute Gasteiger partial charge is 0.497 e. The molecule has 22 heavy (non-hydrogen) atoms. The van der Waals surface area contributed by atoms with E-state index in [1.807, 2.05) is 12.1 Å². The van der Waals surface area contributed by atoms with Gasteiger partial charge in [-0.1, -0.05) is 23.7 Å². The summed E-state index contributed by atoms with van der Waals surface area (Å²) in [6.07, 6.45) is 1.24. The van der Waals surface area contributed by atoms with Crippen LogP contribution < -0.4 is 15.6 Å². The van der Waals surface area contributed by atoms with Crippen LogP contribution in [-0.2, 0) is 17.9 Å². The fraction of sp³-hybridized carbons (Fsp3) is 0.214. The molecule has 0 fully saturated rings. The van der Waals surface area contributed by atoms with Crippen LogP contribution in [0.25, 0.3) is 0 Å². The van der Waals surface area contributed by atoms with Crippen molar-refractivity contribution in [3.63, 3.8) is 0 Å². The van der Waals surface area contributed by atoms with E-state index in [0.717, 1.165) is 16.0 Å². The van der Waals surface area contributed by atoms with E-state index in [4.69, 9.17) is 21.4 Å². The molecule has 0 bridgehead atoms. The molecule has 1 aromatic heterocycles. The van der Waals surface area contributed by atoms with E-state index < -0.39 is 18.1 Å². The van der Waals surface area contributed by atoms with Gasteiger partial charge in [-0.2, -0.15) is 5.10 Å². The molecule has 1 heterocycles. The molecule has 116 valence electrons. The number of rotatable bonds is 6. The van der Waals surface area contributed by atoms with Crippen molar-refractivity contribution in [2.24, 2.45) is 0 Å². The van der Waals surface area contributed by atoms with Gasteiger partial charge in [-0.05, 0) is 17.7 Å². The highest BCUT2D eigenvalue weighted by atomic mass is 35.5. The summed E-state index contributed by atoms with van der Waals surface area (Å²) in [5, 5.41) is 15.5. The van der Waals surface area contributed by atoms with Crippen LogP contribution in [-0.4, -0.2) is 28.0 Å². The van der Waals surface area contributed by atoms with Crippen molar-refractivity contribution in [3.05, 3.63) is 51.4 Å². The maximum absolute atomic E-state index is 12.1. The first kappa shape index (κ1) is 15.8. The molecule has 0 radical (unpaired) electrons. The number of hydrogen-bond donors (Lipinski definition) is 2. The lowest BCUT2D eigenvalue weighted by Gasteiger charge is -2.10. The normalized spacial score (nSPS) is 10.3. The number of nitrogens with one attached hydrogen (secondary N) is 1. The number of methoxy groups -OCH3 is 1. The Labute approximate surface area is 131 Å². The molecule has 0 spiro atoms. The third kappa shape index (κ3) is 3.76. The summed E-state index contributed by atoms with van der Waals surface area (Å²) in [4.78, 5) is 22.8. The van der Waals surface area contributed by atoms with E-state index in [0.29, 0.717) is 6.54 Å². The summed E-state index contributed by atoms with van der Waals surface area (Å²) < 4.78 is 5.90. The lowest BCUT2D eigenvalue weighted by atomic mass is 10.2. The van der Waals surface area contributed by atoms with Crippen LogP contribution in [0.15, 0.2) is 35.3 Å². The fourth-order valence-electron chi connectivity index (χ4n) is 1.80. The third-order valence-electron chi connectivity index (χ3n) is 2.91. The Bertz CT molecular complexity index is 728. The maximum Gasteiger partial charge on any atom is 0.325 e. The van der Waals surface area contributed by atoms with Crippen LogP contribution >= 0.6 is 11.6 Å². The summed E-state index contributed by atoms with van der Waals surface area (Å²) in [6.45, 7) is -0.163. The standard InChI is InChI=1S/C14H14ClN3O4/c1-22-10-4-2-9(3-5-10)6-16-13-11(15)7-17-18(14(13)21)8-12(19)20/h2-5,7,16H,6,8H2,1H3,(H,19,20). The number of aliphatic carboxylic acids is 1. The SMILES string of the molecule is COc1ccc(CNc2c(Cl)cnn(CC(=O)O)c2=O)cc1. The van der Waals surface area contributed by atoms with Crippen molar-refractivity contribution in [1.29, 1.82) is 0 Å². The van der Waals surface area contributed by atoms with Gasteiger partial charge in [0.05, 0.1) is 18.3 Å². The maximum atomic E-state index is 12.1. The summed E-state index contributed by atoms with van der Waals surface area (Å²) in [7, 11) is 1.58. The molecular weight excluding hydrogens is 310 g/mol. The summed E-state index contributed by atoms with van der Waals surface area (Å²) in [5.74, 6) is -0.424. The minimum atomic E-state index is -1.15. The molecular formula is C14H14ClN3O4. The van der Waals surface area contributed by atoms with Crippen LogP contribution in [0.5, 0.6) is 5.75 Å². The number of carbonyl (C=O) groups is 1. The highest BCUT2D eigenvalue weighted by molar-refractivity contribution is 6.32. The molecule has 0 saturated heterocycles. The second kappa shape index (κ2) is 6.95. The number of aromatic nitrogens is 2. The van der Waals surface area contributed by atoms with Gasteiger partial charge in [-0.25, -0.2) is 4.68 Å². The van der Waals surface area contributed by atoms with Gasteiger partial charge in [0.2, 0.25) is 0 Å². The van der Waals surface area contributed by atoms with Crippen molar-refractivity contribution in [2.45, 2.75) is 13.1 Å². The van der Waals surface area contributed by atoms with Gasteiger partial charge < -0.3 is 15.2 Å². The first-order valence-corrected chi connectivity index (χ1v) is 6.73. The monoisotopic (exact) mass is 323 g/mol. The zero-order valence-electron chi connectivity index (χ0n) is 11.7. The molecule has 8 heteroatoms. The summed E-state index contributed by atoms with van der Waals surface area (Å²) in [6, 6.07) is 7.29. The lowest BCUT2D eigenvalue weighted by molar-refractivity contribution is -0.138. The zero-order valence-corrected chi connectivity index (χ0v) is 12.5. The minimum Gasteiger partial charge on any atom is -0.497 e. The van der Waals surface area contributed by atoms with Crippen molar-refractivity contribution < 1.29 is 14.6 Å². The molecule has 0 unspecified atom stereocenters. The number of benzene rings is 1. The fourth-order valence-corrected chi connectivity index (χ4v) is 1.99. The predicted molar refractivity (Wildman–Crippen MR) is 81.5 cm³/mol. The van der Waals surface area contributed by atoms with Crippen molar-refractivity contribution in [3.8, 4) is 5.75 Å². The number of carboxylic acid groups (broad SMARTS) is 1. The van der Waals surface area contributed by atoms with E-state index in [2.05, 4.69) is 10.4 Å². The molecule has 0 amide bonds. The molecule has 0 aliphatic carbocycles. The first-order valence-electron chi connectivity index (χ1n) is 6.35. The average Bonchev–Trinajstić information content (AvgIpc) is 2.50. The Morgan fingerprint density at radius 2 is 2.09 bits per heavy atom. The Balaban J connectivity index is 2.17. The summed E-state index contributed by atoms with van der Waals surface area (Å²) >= 11 is 5.95. The van der Waals surface area contributed by atoms with E-state index in [1.54, 1.807) is 19.2 Å². The second-order valence-corrected chi connectivity index (χ2v) is 4.83. The molecule has 0 saturated carbocycles.